The third-order valence-electron chi connectivity index (χ3n) is 2.81. The molecule has 1 aliphatic rings. The second-order valence-electron chi connectivity index (χ2n) is 3.84. The fraction of sp³-hybridized carbons (Fsp3) is 0.455. The van der Waals surface area contributed by atoms with Crippen LogP contribution in [0.4, 0.5) is 0 Å². The molecule has 0 radical (unpaired) electrons. The van der Waals surface area contributed by atoms with Gasteiger partial charge in [-0.2, -0.15) is 0 Å². The van der Waals surface area contributed by atoms with Crippen molar-refractivity contribution in [2.75, 3.05) is 19.8 Å². The van der Waals surface area contributed by atoms with Gasteiger partial charge in [-0.05, 0) is 12.5 Å². The first-order chi connectivity index (χ1) is 6.27. The van der Waals surface area contributed by atoms with Crippen molar-refractivity contribution in [2.24, 2.45) is 5.73 Å². The number of nitrogens with two attached hydrogens (primary N) is 1. The number of aryl methyl sites for hydroxylation is 1. The molecule has 1 aliphatic heterocycles. The van der Waals surface area contributed by atoms with Crippen LogP contribution in [0.1, 0.15) is 11.1 Å². The molecule has 0 amide bonds. The van der Waals surface area contributed by atoms with Crippen LogP contribution in [-0.4, -0.2) is 19.8 Å². The number of ether oxygens (including phenoxy) is 1. The van der Waals surface area contributed by atoms with Crippen molar-refractivity contribution in [3.8, 4) is 0 Å². The quantitative estimate of drug-likeness (QED) is 0.737. The Bertz CT molecular complexity index is 282. The first-order valence-electron chi connectivity index (χ1n) is 4.62. The molecule has 0 aromatic heterocycles. The molecule has 70 valence electrons. The zero-order valence-electron chi connectivity index (χ0n) is 7.92. The molecule has 1 fully saturated rings. The predicted octanol–water partition coefficient (Wildman–Crippen LogP) is 1.22. The van der Waals surface area contributed by atoms with E-state index >= 15 is 0 Å². The third kappa shape index (κ3) is 1.36. The van der Waals surface area contributed by atoms with E-state index in [1.165, 1.54) is 11.1 Å². The molecule has 0 bridgehead atoms. The lowest BCUT2D eigenvalue weighted by atomic mass is 9.78. The van der Waals surface area contributed by atoms with E-state index in [0.29, 0.717) is 6.54 Å². The highest BCUT2D eigenvalue weighted by molar-refractivity contribution is 5.31. The summed E-state index contributed by atoms with van der Waals surface area (Å²) in [6, 6.07) is 8.57. The summed E-state index contributed by atoms with van der Waals surface area (Å²) in [7, 11) is 0. The van der Waals surface area contributed by atoms with Gasteiger partial charge in [0.1, 0.15) is 0 Å². The second kappa shape index (κ2) is 3.13. The number of hydrogen-bond donors (Lipinski definition) is 1. The molecule has 1 heterocycles. The molecule has 2 rings (SSSR count). The highest BCUT2D eigenvalue weighted by Gasteiger charge is 2.38. The Morgan fingerprint density at radius 3 is 2.31 bits per heavy atom. The van der Waals surface area contributed by atoms with Crippen LogP contribution >= 0.6 is 0 Å². The lowest BCUT2D eigenvalue weighted by molar-refractivity contribution is -0.0550. The molecule has 2 heteroatoms. The van der Waals surface area contributed by atoms with E-state index in [1.54, 1.807) is 0 Å². The van der Waals surface area contributed by atoms with Crippen LogP contribution in [0.25, 0.3) is 0 Å². The summed E-state index contributed by atoms with van der Waals surface area (Å²) in [6.07, 6.45) is 0. The minimum absolute atomic E-state index is 0.105. The van der Waals surface area contributed by atoms with Crippen LogP contribution in [-0.2, 0) is 10.2 Å². The summed E-state index contributed by atoms with van der Waals surface area (Å²) >= 11 is 0. The number of rotatable bonds is 2. The van der Waals surface area contributed by atoms with E-state index in [4.69, 9.17) is 10.5 Å². The zero-order valence-corrected chi connectivity index (χ0v) is 7.92. The van der Waals surface area contributed by atoms with Gasteiger partial charge >= 0.3 is 0 Å². The Balaban J connectivity index is 2.28. The maximum atomic E-state index is 5.76. The van der Waals surface area contributed by atoms with E-state index in [9.17, 15) is 0 Å². The van der Waals surface area contributed by atoms with Crippen LogP contribution in [0, 0.1) is 6.92 Å². The highest BCUT2D eigenvalue weighted by atomic mass is 16.5. The van der Waals surface area contributed by atoms with Gasteiger partial charge in [-0.25, -0.2) is 0 Å². The Kier molecular flexibility index (Phi) is 2.10. The topological polar surface area (TPSA) is 35.2 Å². The van der Waals surface area contributed by atoms with Gasteiger partial charge in [0.15, 0.2) is 0 Å². The highest BCUT2D eigenvalue weighted by Crippen LogP contribution is 2.31. The van der Waals surface area contributed by atoms with Crippen molar-refractivity contribution in [3.05, 3.63) is 35.4 Å². The monoisotopic (exact) mass is 177 g/mol. The van der Waals surface area contributed by atoms with Crippen LogP contribution in [0.5, 0.6) is 0 Å². The van der Waals surface area contributed by atoms with Gasteiger partial charge in [-0.1, -0.05) is 29.8 Å². The summed E-state index contributed by atoms with van der Waals surface area (Å²) in [5.74, 6) is 0. The summed E-state index contributed by atoms with van der Waals surface area (Å²) < 4.78 is 5.23. The van der Waals surface area contributed by atoms with Gasteiger partial charge in [-0.3, -0.25) is 0 Å². The first-order valence-corrected chi connectivity index (χ1v) is 4.62. The Morgan fingerprint density at radius 2 is 1.92 bits per heavy atom. The van der Waals surface area contributed by atoms with Gasteiger partial charge in [0.05, 0.1) is 18.6 Å². The van der Waals surface area contributed by atoms with Crippen molar-refractivity contribution >= 4 is 0 Å². The molecule has 0 spiro atoms. The average molecular weight is 177 g/mol. The fourth-order valence-electron chi connectivity index (χ4n) is 1.66. The standard InChI is InChI=1S/C11H15NO/c1-9-2-4-10(5-3-9)11(6-12)7-13-8-11/h2-5H,6-8,12H2,1H3. The van der Waals surface area contributed by atoms with Gasteiger partial charge in [0.2, 0.25) is 0 Å². The van der Waals surface area contributed by atoms with Gasteiger partial charge in [-0.15, -0.1) is 0 Å². The molecule has 0 aliphatic carbocycles. The molecule has 13 heavy (non-hydrogen) atoms. The molecule has 2 nitrogen and oxygen atoms in total. The first kappa shape index (κ1) is 8.73. The van der Waals surface area contributed by atoms with Crippen LogP contribution in [0.15, 0.2) is 24.3 Å². The predicted molar refractivity (Wildman–Crippen MR) is 52.7 cm³/mol. The van der Waals surface area contributed by atoms with E-state index < -0.39 is 0 Å². The normalized spacial score (nSPS) is 19.5. The smallest absolute Gasteiger partial charge is 0.0597 e. The number of hydrogen-bond acceptors (Lipinski definition) is 2. The van der Waals surface area contributed by atoms with Crippen LogP contribution in [0.3, 0.4) is 0 Å². The molecular weight excluding hydrogens is 162 g/mol. The zero-order chi connectivity index (χ0) is 9.31. The fourth-order valence-corrected chi connectivity index (χ4v) is 1.66. The van der Waals surface area contributed by atoms with Crippen molar-refractivity contribution in [2.45, 2.75) is 12.3 Å². The Morgan fingerprint density at radius 1 is 1.31 bits per heavy atom. The average Bonchev–Trinajstić information content (AvgIpc) is 2.07. The van der Waals surface area contributed by atoms with Crippen molar-refractivity contribution in [1.82, 2.24) is 0 Å². The minimum Gasteiger partial charge on any atom is -0.379 e. The van der Waals surface area contributed by atoms with E-state index in [1.807, 2.05) is 0 Å². The molecule has 0 saturated carbocycles. The molecule has 2 N–H and O–H groups in total. The third-order valence-corrected chi connectivity index (χ3v) is 2.81. The van der Waals surface area contributed by atoms with E-state index in [2.05, 4.69) is 31.2 Å². The molecule has 1 aromatic rings. The molecule has 0 atom stereocenters. The minimum atomic E-state index is 0.105. The van der Waals surface area contributed by atoms with Gasteiger partial charge < -0.3 is 10.5 Å². The van der Waals surface area contributed by atoms with Crippen molar-refractivity contribution in [3.63, 3.8) is 0 Å². The molecule has 1 saturated heterocycles. The SMILES string of the molecule is Cc1ccc(C2(CN)COC2)cc1. The van der Waals surface area contributed by atoms with Gasteiger partial charge in [0.25, 0.3) is 0 Å². The van der Waals surface area contributed by atoms with Gasteiger partial charge in [0, 0.05) is 6.54 Å². The molecule has 1 aromatic carbocycles. The summed E-state index contributed by atoms with van der Waals surface area (Å²) in [5, 5.41) is 0. The lowest BCUT2D eigenvalue weighted by Crippen LogP contribution is -2.52. The summed E-state index contributed by atoms with van der Waals surface area (Å²) in [5.41, 5.74) is 8.46. The largest absolute Gasteiger partial charge is 0.379 e. The molecular formula is C11H15NO. The molecule has 0 unspecified atom stereocenters. The number of benzene rings is 1. The summed E-state index contributed by atoms with van der Waals surface area (Å²) in [4.78, 5) is 0. The van der Waals surface area contributed by atoms with Crippen molar-refractivity contribution < 1.29 is 4.74 Å². The van der Waals surface area contributed by atoms with Crippen molar-refractivity contribution in [1.29, 1.82) is 0 Å². The Labute approximate surface area is 78.7 Å². The van der Waals surface area contributed by atoms with E-state index in [0.717, 1.165) is 13.2 Å². The maximum Gasteiger partial charge on any atom is 0.0597 e. The van der Waals surface area contributed by atoms with Crippen LogP contribution < -0.4 is 5.73 Å². The van der Waals surface area contributed by atoms with Crippen LogP contribution in [0.2, 0.25) is 0 Å². The summed E-state index contributed by atoms with van der Waals surface area (Å²) in [6.45, 7) is 4.31. The van der Waals surface area contributed by atoms with E-state index in [-0.39, 0.29) is 5.41 Å². The second-order valence-corrected chi connectivity index (χ2v) is 3.84. The lowest BCUT2D eigenvalue weighted by Gasteiger charge is -2.41. The Hall–Kier alpha value is -0.860. The maximum absolute atomic E-state index is 5.76.